The molecule has 9 nitrogen and oxygen atoms in total. The number of carbonyl (C=O) groups excluding carboxylic acids is 2. The van der Waals surface area contributed by atoms with Gasteiger partial charge in [-0.25, -0.2) is 18.9 Å². The number of carbonyl (C=O) groups is 2. The number of aliphatic imine (C=N–C) groups is 2. The standard InChI is InChI=1S/C28H31ClFN7O2/c1-16-13-31-23(32-16)26(39)35-9-10-36(28(5,6)15-35)25(38)22-14-37-24(33-22)18(27(2,3)4)12-21(34-37)17-7-8-19(29)20(30)11-17/h7-8,11-12,14H,9-10,13,15H2,1-6H3. The summed E-state index contributed by atoms with van der Waals surface area (Å²) in [5.74, 6) is -0.772. The monoisotopic (exact) mass is 551 g/mol. The third-order valence-electron chi connectivity index (χ3n) is 7.05. The van der Waals surface area contributed by atoms with E-state index in [-0.39, 0.29) is 33.8 Å². The largest absolute Gasteiger partial charge is 0.332 e. The van der Waals surface area contributed by atoms with Crippen molar-refractivity contribution in [1.82, 2.24) is 24.4 Å². The van der Waals surface area contributed by atoms with Crippen LogP contribution in [-0.2, 0) is 10.2 Å². The van der Waals surface area contributed by atoms with Crippen molar-refractivity contribution >= 4 is 40.6 Å². The summed E-state index contributed by atoms with van der Waals surface area (Å²) in [5, 5.41) is 4.69. The van der Waals surface area contributed by atoms with E-state index in [9.17, 15) is 14.0 Å². The van der Waals surface area contributed by atoms with E-state index < -0.39 is 11.4 Å². The molecule has 2 amide bonds. The van der Waals surface area contributed by atoms with Gasteiger partial charge in [0, 0.05) is 36.5 Å². The topological polar surface area (TPSA) is 95.5 Å². The van der Waals surface area contributed by atoms with Crippen molar-refractivity contribution < 1.29 is 14.0 Å². The Kier molecular flexibility index (Phi) is 6.57. The predicted molar refractivity (Wildman–Crippen MR) is 149 cm³/mol. The van der Waals surface area contributed by atoms with E-state index in [1.165, 1.54) is 12.1 Å². The lowest BCUT2D eigenvalue weighted by Gasteiger charge is -2.46. The van der Waals surface area contributed by atoms with E-state index in [0.29, 0.717) is 43.1 Å². The highest BCUT2D eigenvalue weighted by atomic mass is 35.5. The summed E-state index contributed by atoms with van der Waals surface area (Å²) >= 11 is 5.88. The molecule has 0 bridgehead atoms. The lowest BCUT2D eigenvalue weighted by atomic mass is 9.87. The number of amidine groups is 1. The van der Waals surface area contributed by atoms with Crippen molar-refractivity contribution in [2.75, 3.05) is 26.2 Å². The lowest BCUT2D eigenvalue weighted by molar-refractivity contribution is -0.128. The van der Waals surface area contributed by atoms with Crippen molar-refractivity contribution in [2.45, 2.75) is 52.5 Å². The quantitative estimate of drug-likeness (QED) is 0.481. The van der Waals surface area contributed by atoms with Gasteiger partial charge >= 0.3 is 0 Å². The fraction of sp³-hybridized carbons (Fsp3) is 0.429. The van der Waals surface area contributed by atoms with Gasteiger partial charge in [-0.1, -0.05) is 38.4 Å². The fourth-order valence-corrected chi connectivity index (χ4v) is 5.09. The van der Waals surface area contributed by atoms with Gasteiger partial charge in [-0.2, -0.15) is 5.10 Å². The van der Waals surface area contributed by atoms with Crippen LogP contribution in [0.1, 0.15) is 57.6 Å². The maximum Gasteiger partial charge on any atom is 0.291 e. The van der Waals surface area contributed by atoms with Gasteiger partial charge in [0.05, 0.1) is 29.0 Å². The fourth-order valence-electron chi connectivity index (χ4n) is 4.97. The van der Waals surface area contributed by atoms with Crippen LogP contribution in [0.2, 0.25) is 5.02 Å². The van der Waals surface area contributed by atoms with Crippen LogP contribution in [0.5, 0.6) is 0 Å². The number of piperazine rings is 1. The van der Waals surface area contributed by atoms with Crippen molar-refractivity contribution in [3.05, 3.63) is 52.6 Å². The van der Waals surface area contributed by atoms with E-state index in [0.717, 1.165) is 11.3 Å². The summed E-state index contributed by atoms with van der Waals surface area (Å²) < 4.78 is 15.8. The normalized spacial score (nSPS) is 17.4. The number of benzene rings is 1. The van der Waals surface area contributed by atoms with E-state index in [1.807, 2.05) is 47.6 Å². The molecule has 0 radical (unpaired) electrons. The number of hydrogen-bond acceptors (Lipinski definition) is 6. The molecule has 1 fully saturated rings. The van der Waals surface area contributed by atoms with Crippen LogP contribution in [0.4, 0.5) is 4.39 Å². The first-order valence-corrected chi connectivity index (χ1v) is 13.2. The second-order valence-corrected chi connectivity index (χ2v) is 12.1. The molecule has 0 aliphatic carbocycles. The molecule has 2 aliphatic heterocycles. The second-order valence-electron chi connectivity index (χ2n) is 11.7. The summed E-state index contributed by atoms with van der Waals surface area (Å²) in [6.45, 7) is 13.3. The highest BCUT2D eigenvalue weighted by Gasteiger charge is 2.40. The van der Waals surface area contributed by atoms with Gasteiger partial charge in [0.25, 0.3) is 11.8 Å². The van der Waals surface area contributed by atoms with Crippen LogP contribution in [-0.4, -0.2) is 79.5 Å². The van der Waals surface area contributed by atoms with Gasteiger partial charge in [-0.3, -0.25) is 14.6 Å². The molecule has 1 aromatic carbocycles. The van der Waals surface area contributed by atoms with Gasteiger partial charge < -0.3 is 9.80 Å². The molecule has 0 atom stereocenters. The van der Waals surface area contributed by atoms with Gasteiger partial charge in [-0.05, 0) is 44.4 Å². The van der Waals surface area contributed by atoms with Crippen LogP contribution in [0.15, 0.2) is 40.4 Å². The summed E-state index contributed by atoms with van der Waals surface area (Å²) in [6.07, 6.45) is 1.61. The summed E-state index contributed by atoms with van der Waals surface area (Å²) in [4.78, 5) is 43.3. The number of nitrogens with zero attached hydrogens (tertiary/aromatic N) is 7. The number of rotatable bonds is 3. The number of imidazole rings is 1. The molecule has 0 N–H and O–H groups in total. The van der Waals surface area contributed by atoms with Gasteiger partial charge in [0.2, 0.25) is 5.84 Å². The second kappa shape index (κ2) is 9.51. The Morgan fingerprint density at radius 1 is 1.10 bits per heavy atom. The SMILES string of the molecule is CC1=NC(C(=O)N2CCN(C(=O)c3cn4nc(-c5ccc(Cl)c(F)c5)cc(C(C)(C)C)c4n3)C(C)(C)C2)=NC1. The molecule has 0 unspecified atom stereocenters. The van der Waals surface area contributed by atoms with Crippen LogP contribution >= 0.6 is 11.6 Å². The third kappa shape index (κ3) is 5.05. The first kappa shape index (κ1) is 26.9. The molecular formula is C28H31ClFN7O2. The van der Waals surface area contributed by atoms with E-state index in [4.69, 9.17) is 16.6 Å². The van der Waals surface area contributed by atoms with E-state index in [1.54, 1.807) is 26.6 Å². The Labute approximate surface area is 231 Å². The number of aromatic nitrogens is 3. The highest BCUT2D eigenvalue weighted by molar-refractivity contribution is 6.41. The average molecular weight is 552 g/mol. The average Bonchev–Trinajstić information content (AvgIpc) is 3.49. The molecule has 5 rings (SSSR count). The third-order valence-corrected chi connectivity index (χ3v) is 7.35. The molecule has 4 heterocycles. The molecule has 3 aromatic rings. The lowest BCUT2D eigenvalue weighted by Crippen LogP contribution is -2.62. The van der Waals surface area contributed by atoms with Crippen LogP contribution in [0, 0.1) is 5.82 Å². The van der Waals surface area contributed by atoms with Crippen molar-refractivity contribution in [3.63, 3.8) is 0 Å². The Balaban J connectivity index is 1.46. The number of amides is 2. The molecular weight excluding hydrogens is 521 g/mol. The summed E-state index contributed by atoms with van der Waals surface area (Å²) in [7, 11) is 0. The minimum absolute atomic E-state index is 0.0369. The minimum Gasteiger partial charge on any atom is -0.332 e. The van der Waals surface area contributed by atoms with Crippen LogP contribution in [0.25, 0.3) is 16.9 Å². The van der Waals surface area contributed by atoms with E-state index >= 15 is 0 Å². The van der Waals surface area contributed by atoms with Crippen molar-refractivity contribution in [3.8, 4) is 11.3 Å². The molecule has 204 valence electrons. The summed E-state index contributed by atoms with van der Waals surface area (Å²) in [5.41, 5.74) is 2.62. The zero-order valence-electron chi connectivity index (χ0n) is 22.9. The van der Waals surface area contributed by atoms with Gasteiger partial charge in [0.15, 0.2) is 5.65 Å². The Bertz CT molecular complexity index is 1570. The van der Waals surface area contributed by atoms with Gasteiger partial charge in [-0.15, -0.1) is 0 Å². The number of hydrogen-bond donors (Lipinski definition) is 0. The maximum absolute atomic E-state index is 14.2. The maximum atomic E-state index is 14.2. The molecule has 2 aliphatic rings. The Hall–Kier alpha value is -3.66. The van der Waals surface area contributed by atoms with Crippen molar-refractivity contribution in [1.29, 1.82) is 0 Å². The van der Waals surface area contributed by atoms with E-state index in [2.05, 4.69) is 15.1 Å². The minimum atomic E-state index is -0.648. The zero-order valence-corrected chi connectivity index (χ0v) is 23.7. The molecule has 0 saturated carbocycles. The van der Waals surface area contributed by atoms with Crippen LogP contribution in [0.3, 0.4) is 0 Å². The molecule has 2 aromatic heterocycles. The number of halogens is 2. The first-order valence-electron chi connectivity index (χ1n) is 12.8. The molecule has 39 heavy (non-hydrogen) atoms. The molecule has 11 heteroatoms. The number of fused-ring (bicyclic) bond motifs is 1. The van der Waals surface area contributed by atoms with Gasteiger partial charge in [0.1, 0.15) is 11.5 Å². The van der Waals surface area contributed by atoms with Crippen molar-refractivity contribution in [2.24, 2.45) is 9.98 Å². The zero-order chi connectivity index (χ0) is 28.3. The summed E-state index contributed by atoms with van der Waals surface area (Å²) in [6, 6.07) is 6.43. The molecule has 0 spiro atoms. The predicted octanol–water partition coefficient (Wildman–Crippen LogP) is 4.42. The first-order chi connectivity index (χ1) is 18.2. The Morgan fingerprint density at radius 3 is 2.46 bits per heavy atom. The Morgan fingerprint density at radius 2 is 1.85 bits per heavy atom. The molecule has 1 saturated heterocycles. The van der Waals surface area contributed by atoms with Crippen LogP contribution < -0.4 is 0 Å². The smallest absolute Gasteiger partial charge is 0.291 e. The highest BCUT2D eigenvalue weighted by Crippen LogP contribution is 2.32.